The molecule has 9 heteroatoms. The Labute approximate surface area is 177 Å². The molecule has 0 bridgehead atoms. The summed E-state index contributed by atoms with van der Waals surface area (Å²) in [6.45, 7) is 1.24. The first kappa shape index (κ1) is 19.0. The van der Waals surface area contributed by atoms with E-state index in [1.165, 1.54) is 12.1 Å². The number of carbonyl (C=O) groups excluding carboxylic acids is 1. The standard InChI is InChI=1S/C22H20FN7O/c23-14-5-1-4-13(10-14)11-26-21-16-7-3-9-25-20(16)28-22(29-21)30-18-8-2-6-15(19(24)31)17(18)12-27-30/h1-2,4-6,8,10,12H,3,7,9,11H2,(H2,24,31)(H2,25,26,28,29). The third-order valence-corrected chi connectivity index (χ3v) is 5.31. The molecule has 0 radical (unpaired) electrons. The predicted molar refractivity (Wildman–Crippen MR) is 116 cm³/mol. The van der Waals surface area contributed by atoms with Gasteiger partial charge in [0.05, 0.1) is 17.3 Å². The minimum Gasteiger partial charge on any atom is -0.370 e. The third-order valence-electron chi connectivity index (χ3n) is 5.31. The molecule has 0 spiro atoms. The number of halogens is 1. The maximum absolute atomic E-state index is 13.5. The maximum Gasteiger partial charge on any atom is 0.255 e. The van der Waals surface area contributed by atoms with Crippen molar-refractivity contribution >= 4 is 28.4 Å². The quantitative estimate of drug-likeness (QED) is 0.460. The fourth-order valence-corrected chi connectivity index (χ4v) is 3.83. The van der Waals surface area contributed by atoms with E-state index in [0.717, 1.165) is 36.3 Å². The van der Waals surface area contributed by atoms with Gasteiger partial charge in [-0.3, -0.25) is 4.79 Å². The molecule has 1 aliphatic rings. The lowest BCUT2D eigenvalue weighted by atomic mass is 10.1. The van der Waals surface area contributed by atoms with E-state index in [-0.39, 0.29) is 5.82 Å². The fraction of sp³-hybridized carbons (Fsp3) is 0.182. The van der Waals surface area contributed by atoms with Crippen LogP contribution in [0.15, 0.2) is 48.7 Å². The average molecular weight is 417 g/mol. The number of fused-ring (bicyclic) bond motifs is 2. The molecule has 31 heavy (non-hydrogen) atoms. The van der Waals surface area contributed by atoms with E-state index in [1.807, 2.05) is 12.1 Å². The highest BCUT2D eigenvalue weighted by atomic mass is 19.1. The van der Waals surface area contributed by atoms with Gasteiger partial charge >= 0.3 is 0 Å². The van der Waals surface area contributed by atoms with Gasteiger partial charge in [0.15, 0.2) is 0 Å². The molecule has 1 amide bonds. The van der Waals surface area contributed by atoms with Crippen molar-refractivity contribution in [2.24, 2.45) is 5.73 Å². The first-order valence-electron chi connectivity index (χ1n) is 10.00. The van der Waals surface area contributed by atoms with Crippen LogP contribution in [0.2, 0.25) is 0 Å². The Bertz CT molecular complexity index is 1300. The van der Waals surface area contributed by atoms with Crippen LogP contribution in [0.25, 0.3) is 16.9 Å². The molecule has 0 saturated carbocycles. The number of rotatable bonds is 5. The Morgan fingerprint density at radius 2 is 2.10 bits per heavy atom. The first-order valence-corrected chi connectivity index (χ1v) is 10.00. The lowest BCUT2D eigenvalue weighted by Gasteiger charge is -2.21. The van der Waals surface area contributed by atoms with Gasteiger partial charge in [-0.25, -0.2) is 4.39 Å². The Morgan fingerprint density at radius 3 is 2.94 bits per heavy atom. The molecular weight excluding hydrogens is 397 g/mol. The number of benzene rings is 2. The number of primary amides is 1. The summed E-state index contributed by atoms with van der Waals surface area (Å²) in [5.41, 5.74) is 8.37. The second-order valence-corrected chi connectivity index (χ2v) is 7.37. The Kier molecular flexibility index (Phi) is 4.70. The van der Waals surface area contributed by atoms with E-state index in [1.54, 1.807) is 29.1 Å². The maximum atomic E-state index is 13.5. The molecule has 8 nitrogen and oxygen atoms in total. The van der Waals surface area contributed by atoms with Crippen LogP contribution in [0.1, 0.15) is 27.9 Å². The van der Waals surface area contributed by atoms with Crippen molar-refractivity contribution < 1.29 is 9.18 Å². The molecule has 5 rings (SSSR count). The molecule has 0 atom stereocenters. The Morgan fingerprint density at radius 1 is 1.23 bits per heavy atom. The van der Waals surface area contributed by atoms with Crippen LogP contribution in [0.5, 0.6) is 0 Å². The highest BCUT2D eigenvalue weighted by Crippen LogP contribution is 2.29. The number of hydrogen-bond acceptors (Lipinski definition) is 6. The largest absolute Gasteiger partial charge is 0.370 e. The molecule has 1 aliphatic heterocycles. The van der Waals surface area contributed by atoms with Crippen molar-refractivity contribution in [3.8, 4) is 5.95 Å². The normalized spacial score (nSPS) is 12.9. The second kappa shape index (κ2) is 7.67. The van der Waals surface area contributed by atoms with Crippen LogP contribution in [-0.2, 0) is 13.0 Å². The summed E-state index contributed by atoms with van der Waals surface area (Å²) >= 11 is 0. The molecule has 0 unspecified atom stereocenters. The smallest absolute Gasteiger partial charge is 0.255 e. The average Bonchev–Trinajstić information content (AvgIpc) is 3.21. The Balaban J connectivity index is 1.57. The summed E-state index contributed by atoms with van der Waals surface area (Å²) in [6.07, 6.45) is 3.39. The summed E-state index contributed by atoms with van der Waals surface area (Å²) in [6, 6.07) is 11.7. The zero-order valence-electron chi connectivity index (χ0n) is 16.6. The van der Waals surface area contributed by atoms with Gasteiger partial charge < -0.3 is 16.4 Å². The number of carbonyl (C=O) groups is 1. The van der Waals surface area contributed by atoms with Gasteiger partial charge in [-0.2, -0.15) is 19.7 Å². The molecule has 4 N–H and O–H groups in total. The molecule has 2 aromatic carbocycles. The summed E-state index contributed by atoms with van der Waals surface area (Å²) in [5.74, 6) is 0.987. The minimum absolute atomic E-state index is 0.278. The van der Waals surface area contributed by atoms with E-state index in [9.17, 15) is 9.18 Å². The van der Waals surface area contributed by atoms with Crippen molar-refractivity contribution in [2.45, 2.75) is 19.4 Å². The number of nitrogens with two attached hydrogens (primary N) is 1. The zero-order chi connectivity index (χ0) is 21.4. The topological polar surface area (TPSA) is 111 Å². The van der Waals surface area contributed by atoms with Gasteiger partial charge in [0, 0.05) is 24.0 Å². The monoisotopic (exact) mass is 417 g/mol. The van der Waals surface area contributed by atoms with Gasteiger partial charge in [0.1, 0.15) is 17.5 Å². The third kappa shape index (κ3) is 3.54. The number of nitrogens with zero attached hydrogens (tertiary/aromatic N) is 4. The van der Waals surface area contributed by atoms with Gasteiger partial charge in [-0.05, 0) is 42.7 Å². The van der Waals surface area contributed by atoms with E-state index < -0.39 is 5.91 Å². The van der Waals surface area contributed by atoms with Crippen molar-refractivity contribution in [3.05, 3.63) is 71.2 Å². The van der Waals surface area contributed by atoms with E-state index in [0.29, 0.717) is 34.8 Å². The van der Waals surface area contributed by atoms with Crippen LogP contribution in [0.4, 0.5) is 16.0 Å². The van der Waals surface area contributed by atoms with E-state index >= 15 is 0 Å². The van der Waals surface area contributed by atoms with E-state index in [4.69, 9.17) is 10.7 Å². The summed E-state index contributed by atoms with van der Waals surface area (Å²) in [4.78, 5) is 21.1. The van der Waals surface area contributed by atoms with Crippen molar-refractivity contribution in [2.75, 3.05) is 17.2 Å². The van der Waals surface area contributed by atoms with Crippen LogP contribution in [0, 0.1) is 5.82 Å². The first-order chi connectivity index (χ1) is 15.1. The van der Waals surface area contributed by atoms with Gasteiger partial charge in [-0.15, -0.1) is 0 Å². The predicted octanol–water partition coefficient (Wildman–Crippen LogP) is 3.02. The number of aromatic nitrogens is 4. The molecule has 0 fully saturated rings. The van der Waals surface area contributed by atoms with E-state index in [2.05, 4.69) is 20.7 Å². The van der Waals surface area contributed by atoms with Crippen LogP contribution in [0.3, 0.4) is 0 Å². The highest BCUT2D eigenvalue weighted by Gasteiger charge is 2.20. The second-order valence-electron chi connectivity index (χ2n) is 7.37. The zero-order valence-corrected chi connectivity index (χ0v) is 16.6. The lowest BCUT2D eigenvalue weighted by Crippen LogP contribution is -2.19. The van der Waals surface area contributed by atoms with Crippen LogP contribution < -0.4 is 16.4 Å². The molecule has 4 aromatic rings. The van der Waals surface area contributed by atoms with Crippen LogP contribution in [-0.4, -0.2) is 32.2 Å². The van der Waals surface area contributed by atoms with Crippen molar-refractivity contribution in [1.82, 2.24) is 19.7 Å². The fourth-order valence-electron chi connectivity index (χ4n) is 3.83. The number of nitrogens with one attached hydrogen (secondary N) is 2. The van der Waals surface area contributed by atoms with Gasteiger partial charge in [0.25, 0.3) is 5.95 Å². The molecular formula is C22H20FN7O. The number of hydrogen-bond donors (Lipinski definition) is 3. The van der Waals surface area contributed by atoms with Crippen LogP contribution >= 0.6 is 0 Å². The van der Waals surface area contributed by atoms with Crippen molar-refractivity contribution in [1.29, 1.82) is 0 Å². The van der Waals surface area contributed by atoms with Crippen molar-refractivity contribution in [3.63, 3.8) is 0 Å². The Hall–Kier alpha value is -4.01. The number of amides is 1. The molecule has 3 heterocycles. The van der Waals surface area contributed by atoms with Gasteiger partial charge in [-0.1, -0.05) is 18.2 Å². The molecule has 0 aliphatic carbocycles. The minimum atomic E-state index is -0.518. The highest BCUT2D eigenvalue weighted by molar-refractivity contribution is 6.05. The summed E-state index contributed by atoms with van der Waals surface area (Å²) in [7, 11) is 0. The molecule has 2 aromatic heterocycles. The SMILES string of the molecule is NC(=O)c1cccc2c1cnn2-c1nc2c(c(NCc3cccc(F)c3)n1)CCCN2. The summed E-state index contributed by atoms with van der Waals surface area (Å²) < 4.78 is 15.1. The molecule has 156 valence electrons. The molecule has 0 saturated heterocycles. The van der Waals surface area contributed by atoms with Gasteiger partial charge in [0.2, 0.25) is 5.91 Å². The lowest BCUT2D eigenvalue weighted by molar-refractivity contribution is 0.100. The summed E-state index contributed by atoms with van der Waals surface area (Å²) in [5, 5.41) is 11.7. The number of anilines is 2.